The van der Waals surface area contributed by atoms with Crippen molar-refractivity contribution in [3.63, 3.8) is 0 Å². The maximum atomic E-state index is 10.3. The third-order valence-corrected chi connectivity index (χ3v) is 3.50. The van der Waals surface area contributed by atoms with Crippen LogP contribution in [0.15, 0.2) is 54.6 Å². The van der Waals surface area contributed by atoms with Crippen LogP contribution in [0.3, 0.4) is 0 Å². The van der Waals surface area contributed by atoms with Crippen LogP contribution in [0.4, 0.5) is 0 Å². The summed E-state index contributed by atoms with van der Waals surface area (Å²) in [5.74, 6) is 1.03. The van der Waals surface area contributed by atoms with Gasteiger partial charge in [-0.3, -0.25) is 0 Å². The summed E-state index contributed by atoms with van der Waals surface area (Å²) in [4.78, 5) is 0. The maximum Gasteiger partial charge on any atom is 0.119 e. The molecule has 0 heterocycles. The van der Waals surface area contributed by atoms with Crippen LogP contribution in [-0.2, 0) is 0 Å². The summed E-state index contributed by atoms with van der Waals surface area (Å²) >= 11 is 0. The van der Waals surface area contributed by atoms with Crippen molar-refractivity contribution in [3.8, 4) is 11.5 Å². The second-order valence-electron chi connectivity index (χ2n) is 5.52. The summed E-state index contributed by atoms with van der Waals surface area (Å²) < 4.78 is 5.69. The van der Waals surface area contributed by atoms with Gasteiger partial charge < -0.3 is 20.3 Å². The lowest BCUT2D eigenvalue weighted by atomic mass is 10.0. The lowest BCUT2D eigenvalue weighted by Gasteiger charge is -2.25. The Hall–Kier alpha value is -2.04. The number of phenols is 1. The molecule has 2 aromatic rings. The van der Waals surface area contributed by atoms with Crippen molar-refractivity contribution >= 4 is 0 Å². The highest BCUT2D eigenvalue weighted by Crippen LogP contribution is 2.20. The van der Waals surface area contributed by atoms with Gasteiger partial charge in [0.2, 0.25) is 0 Å². The standard InChI is InChI=1S/C18H23NO3/c1-13(12-22-17-6-4-3-5-7-17)19-14(2)18(21)15-8-10-16(20)11-9-15/h3-11,13-14,18-21H,12H2,1-2H3/t13-,14?,18+/m1/s1. The monoisotopic (exact) mass is 301 g/mol. The van der Waals surface area contributed by atoms with Crippen molar-refractivity contribution in [2.24, 2.45) is 0 Å². The molecule has 0 radical (unpaired) electrons. The zero-order valence-electron chi connectivity index (χ0n) is 12.9. The summed E-state index contributed by atoms with van der Waals surface area (Å²) in [5, 5.41) is 22.9. The molecule has 0 aliphatic carbocycles. The van der Waals surface area contributed by atoms with Crippen LogP contribution < -0.4 is 10.1 Å². The SMILES string of the molecule is CC(N[C@H](C)COc1ccccc1)[C@H](O)c1ccc(O)cc1. The Morgan fingerprint density at radius 2 is 1.64 bits per heavy atom. The Labute approximate surface area is 131 Å². The molecule has 1 unspecified atom stereocenters. The van der Waals surface area contributed by atoms with Crippen LogP contribution in [0.2, 0.25) is 0 Å². The van der Waals surface area contributed by atoms with E-state index in [9.17, 15) is 10.2 Å². The fourth-order valence-corrected chi connectivity index (χ4v) is 2.29. The number of aliphatic hydroxyl groups is 1. The highest BCUT2D eigenvalue weighted by Gasteiger charge is 2.18. The highest BCUT2D eigenvalue weighted by molar-refractivity contribution is 5.28. The molecule has 2 aromatic carbocycles. The topological polar surface area (TPSA) is 61.7 Å². The van der Waals surface area contributed by atoms with Crippen LogP contribution in [0.5, 0.6) is 11.5 Å². The molecule has 3 N–H and O–H groups in total. The zero-order valence-corrected chi connectivity index (χ0v) is 12.9. The number of aliphatic hydroxyl groups excluding tert-OH is 1. The molecule has 0 bridgehead atoms. The number of rotatable bonds is 7. The van der Waals surface area contributed by atoms with E-state index in [0.717, 1.165) is 11.3 Å². The van der Waals surface area contributed by atoms with Crippen molar-refractivity contribution in [3.05, 3.63) is 60.2 Å². The van der Waals surface area contributed by atoms with Crippen LogP contribution in [0.25, 0.3) is 0 Å². The molecule has 22 heavy (non-hydrogen) atoms. The first-order valence-electron chi connectivity index (χ1n) is 7.47. The number of para-hydroxylation sites is 1. The van der Waals surface area contributed by atoms with Crippen LogP contribution in [-0.4, -0.2) is 28.9 Å². The van der Waals surface area contributed by atoms with Crippen LogP contribution in [0.1, 0.15) is 25.5 Å². The van der Waals surface area contributed by atoms with Gasteiger partial charge in [0, 0.05) is 12.1 Å². The molecule has 2 rings (SSSR count). The second kappa shape index (κ2) is 7.82. The van der Waals surface area contributed by atoms with Crippen molar-refractivity contribution in [1.82, 2.24) is 5.32 Å². The first-order valence-corrected chi connectivity index (χ1v) is 7.47. The molecule has 3 atom stereocenters. The molecule has 0 saturated heterocycles. The predicted molar refractivity (Wildman–Crippen MR) is 87.1 cm³/mol. The molecular formula is C18H23NO3. The van der Waals surface area contributed by atoms with Crippen LogP contribution in [0, 0.1) is 0 Å². The molecule has 0 fully saturated rings. The molecule has 0 amide bonds. The van der Waals surface area contributed by atoms with Crippen molar-refractivity contribution in [1.29, 1.82) is 0 Å². The molecule has 0 aliphatic heterocycles. The number of benzene rings is 2. The molecule has 0 aromatic heterocycles. The van der Waals surface area contributed by atoms with Gasteiger partial charge >= 0.3 is 0 Å². The highest BCUT2D eigenvalue weighted by atomic mass is 16.5. The third-order valence-electron chi connectivity index (χ3n) is 3.50. The van der Waals surface area contributed by atoms with Gasteiger partial charge in [-0.1, -0.05) is 30.3 Å². The molecular weight excluding hydrogens is 278 g/mol. The van der Waals surface area contributed by atoms with Gasteiger partial charge in [-0.2, -0.15) is 0 Å². The summed E-state index contributed by atoms with van der Waals surface area (Å²) in [5.41, 5.74) is 0.772. The fraction of sp³-hybridized carbons (Fsp3) is 0.333. The van der Waals surface area contributed by atoms with E-state index >= 15 is 0 Å². The van der Waals surface area contributed by atoms with Crippen molar-refractivity contribution in [2.45, 2.75) is 32.0 Å². The fourth-order valence-electron chi connectivity index (χ4n) is 2.29. The number of phenolic OH excluding ortho intramolecular Hbond substituents is 1. The minimum absolute atomic E-state index is 0.0990. The Balaban J connectivity index is 1.82. The summed E-state index contributed by atoms with van der Waals surface area (Å²) in [6, 6.07) is 16.2. The average molecular weight is 301 g/mol. The normalized spacial score (nSPS) is 15.0. The molecule has 4 heteroatoms. The zero-order chi connectivity index (χ0) is 15.9. The molecule has 118 valence electrons. The van der Waals surface area contributed by atoms with Gasteiger partial charge in [0.05, 0.1) is 6.10 Å². The second-order valence-corrected chi connectivity index (χ2v) is 5.52. The van der Waals surface area contributed by atoms with E-state index in [4.69, 9.17) is 4.74 Å². The minimum atomic E-state index is -0.639. The largest absolute Gasteiger partial charge is 0.508 e. The van der Waals surface area contributed by atoms with Gasteiger partial charge in [-0.05, 0) is 43.7 Å². The van der Waals surface area contributed by atoms with Crippen molar-refractivity contribution < 1.29 is 14.9 Å². The number of nitrogens with one attached hydrogen (secondary N) is 1. The molecule has 0 aliphatic rings. The first kappa shape index (κ1) is 16.3. The quantitative estimate of drug-likeness (QED) is 0.736. The van der Waals surface area contributed by atoms with E-state index in [2.05, 4.69) is 5.32 Å². The summed E-state index contributed by atoms with van der Waals surface area (Å²) in [6.07, 6.45) is -0.639. The van der Waals surface area contributed by atoms with Crippen molar-refractivity contribution in [2.75, 3.05) is 6.61 Å². The van der Waals surface area contributed by atoms with E-state index < -0.39 is 6.10 Å². The van der Waals surface area contributed by atoms with E-state index in [0.29, 0.717) is 6.61 Å². The smallest absolute Gasteiger partial charge is 0.119 e. The lowest BCUT2D eigenvalue weighted by molar-refractivity contribution is 0.124. The number of hydrogen-bond acceptors (Lipinski definition) is 4. The Kier molecular flexibility index (Phi) is 5.81. The third kappa shape index (κ3) is 4.76. The average Bonchev–Trinajstić information content (AvgIpc) is 2.54. The lowest BCUT2D eigenvalue weighted by Crippen LogP contribution is -2.41. The van der Waals surface area contributed by atoms with E-state index in [-0.39, 0.29) is 17.8 Å². The number of hydrogen-bond donors (Lipinski definition) is 3. The van der Waals surface area contributed by atoms with Gasteiger partial charge in [0.25, 0.3) is 0 Å². The van der Waals surface area contributed by atoms with Gasteiger partial charge in [0.15, 0.2) is 0 Å². The summed E-state index contributed by atoms with van der Waals surface area (Å²) in [7, 11) is 0. The van der Waals surface area contributed by atoms with E-state index in [1.807, 2.05) is 44.2 Å². The molecule has 0 spiro atoms. The molecule has 4 nitrogen and oxygen atoms in total. The molecule has 0 saturated carbocycles. The predicted octanol–water partition coefficient (Wildman–Crippen LogP) is 2.87. The Morgan fingerprint density at radius 1 is 1.00 bits per heavy atom. The Morgan fingerprint density at radius 3 is 2.27 bits per heavy atom. The first-order chi connectivity index (χ1) is 10.6. The van der Waals surface area contributed by atoms with Gasteiger partial charge in [0.1, 0.15) is 18.1 Å². The minimum Gasteiger partial charge on any atom is -0.508 e. The van der Waals surface area contributed by atoms with E-state index in [1.54, 1.807) is 24.3 Å². The van der Waals surface area contributed by atoms with Gasteiger partial charge in [-0.15, -0.1) is 0 Å². The summed E-state index contributed by atoms with van der Waals surface area (Å²) in [6.45, 7) is 4.47. The Bertz CT molecular complexity index is 556. The number of aromatic hydroxyl groups is 1. The number of ether oxygens (including phenoxy) is 1. The maximum absolute atomic E-state index is 10.3. The van der Waals surface area contributed by atoms with Gasteiger partial charge in [-0.25, -0.2) is 0 Å². The van der Waals surface area contributed by atoms with E-state index in [1.165, 1.54) is 0 Å². The van der Waals surface area contributed by atoms with Crippen LogP contribution >= 0.6 is 0 Å².